The topological polar surface area (TPSA) is 80.3 Å². The molecule has 0 aliphatic heterocycles. The molecule has 1 aromatic carbocycles. The molecule has 0 aliphatic carbocycles. The minimum absolute atomic E-state index is 0.131. The van der Waals surface area contributed by atoms with Crippen molar-refractivity contribution >= 4 is 29.3 Å². The van der Waals surface area contributed by atoms with Gasteiger partial charge in [-0.25, -0.2) is 14.2 Å². The van der Waals surface area contributed by atoms with Gasteiger partial charge in [-0.1, -0.05) is 23.7 Å². The number of aromatic nitrogens is 1. The molecule has 1 heterocycles. The summed E-state index contributed by atoms with van der Waals surface area (Å²) in [6.07, 6.45) is -4.34. The molecule has 0 saturated heterocycles. The zero-order valence-electron chi connectivity index (χ0n) is 13.6. The first-order valence-corrected chi connectivity index (χ1v) is 7.60. The number of pyridine rings is 1. The van der Waals surface area contributed by atoms with Crippen LogP contribution in [0.2, 0.25) is 5.02 Å². The van der Waals surface area contributed by atoms with Gasteiger partial charge in [-0.15, -0.1) is 0 Å². The molecule has 1 atom stereocenters. The number of carbonyl (C=O) groups is 2. The van der Waals surface area contributed by atoms with E-state index in [1.165, 1.54) is 23.5 Å². The predicted octanol–water partition coefficient (Wildman–Crippen LogP) is 3.15. The SMILES string of the molecule is COC(=O)[C@@](NC(=O)c1ccccc1F)(Nc1ccc(Cl)cn1)C(F)(F)F. The number of alkyl halides is 3. The van der Waals surface area contributed by atoms with E-state index >= 15 is 0 Å². The lowest BCUT2D eigenvalue weighted by molar-refractivity contribution is -0.203. The number of nitrogens with zero attached hydrogens (tertiary/aromatic N) is 1. The lowest BCUT2D eigenvalue weighted by Crippen LogP contribution is -2.69. The van der Waals surface area contributed by atoms with E-state index in [0.717, 1.165) is 24.4 Å². The van der Waals surface area contributed by atoms with Gasteiger partial charge in [-0.2, -0.15) is 13.2 Å². The number of halogens is 5. The highest BCUT2D eigenvalue weighted by Crippen LogP contribution is 2.33. The summed E-state index contributed by atoms with van der Waals surface area (Å²) < 4.78 is 59.5. The van der Waals surface area contributed by atoms with Crippen LogP contribution in [0.4, 0.5) is 23.4 Å². The van der Waals surface area contributed by atoms with Gasteiger partial charge in [0, 0.05) is 6.20 Å². The molecule has 1 amide bonds. The van der Waals surface area contributed by atoms with E-state index in [0.29, 0.717) is 7.11 Å². The van der Waals surface area contributed by atoms with E-state index in [2.05, 4.69) is 9.72 Å². The molecule has 2 aromatic rings. The molecule has 11 heteroatoms. The van der Waals surface area contributed by atoms with Gasteiger partial charge in [0.05, 0.1) is 17.7 Å². The van der Waals surface area contributed by atoms with Crippen molar-refractivity contribution in [3.05, 3.63) is 59.0 Å². The number of rotatable bonds is 5. The summed E-state index contributed by atoms with van der Waals surface area (Å²) >= 11 is 5.63. The summed E-state index contributed by atoms with van der Waals surface area (Å²) in [6, 6.07) is 6.62. The summed E-state index contributed by atoms with van der Waals surface area (Å²) in [6.45, 7) is 0. The van der Waals surface area contributed by atoms with E-state index in [1.807, 2.05) is 0 Å². The van der Waals surface area contributed by atoms with E-state index in [-0.39, 0.29) is 5.02 Å². The van der Waals surface area contributed by atoms with Crippen LogP contribution in [0.5, 0.6) is 0 Å². The fraction of sp³-hybridized carbons (Fsp3) is 0.188. The van der Waals surface area contributed by atoms with Crippen LogP contribution in [0.1, 0.15) is 10.4 Å². The smallest absolute Gasteiger partial charge is 0.441 e. The van der Waals surface area contributed by atoms with Gasteiger partial charge in [0.2, 0.25) is 0 Å². The molecule has 0 unspecified atom stereocenters. The Balaban J connectivity index is 2.50. The van der Waals surface area contributed by atoms with Crippen LogP contribution in [-0.4, -0.2) is 35.8 Å². The van der Waals surface area contributed by atoms with Gasteiger partial charge in [0.15, 0.2) is 0 Å². The van der Waals surface area contributed by atoms with Gasteiger partial charge in [0.1, 0.15) is 11.6 Å². The van der Waals surface area contributed by atoms with Gasteiger partial charge in [0.25, 0.3) is 5.91 Å². The molecule has 0 saturated carbocycles. The highest BCUT2D eigenvalue weighted by Gasteiger charge is 2.63. The van der Waals surface area contributed by atoms with Crippen LogP contribution >= 0.6 is 11.6 Å². The number of hydrogen-bond acceptors (Lipinski definition) is 5. The number of amides is 1. The van der Waals surface area contributed by atoms with Gasteiger partial charge >= 0.3 is 17.8 Å². The van der Waals surface area contributed by atoms with Crippen molar-refractivity contribution in [2.45, 2.75) is 11.8 Å². The Hall–Kier alpha value is -2.88. The second kappa shape index (κ2) is 7.78. The molecule has 0 spiro atoms. The summed E-state index contributed by atoms with van der Waals surface area (Å²) in [5.74, 6) is -4.87. The highest BCUT2D eigenvalue weighted by atomic mass is 35.5. The second-order valence-corrected chi connectivity index (χ2v) is 5.60. The lowest BCUT2D eigenvalue weighted by atomic mass is 10.1. The third kappa shape index (κ3) is 4.27. The first-order valence-electron chi connectivity index (χ1n) is 7.22. The minimum atomic E-state index is -5.37. The number of hydrogen-bond donors (Lipinski definition) is 2. The maximum absolute atomic E-state index is 13.8. The maximum Gasteiger partial charge on any atom is 0.441 e. The molecule has 0 fully saturated rings. The van der Waals surface area contributed by atoms with Crippen molar-refractivity contribution in [3.8, 4) is 0 Å². The Morgan fingerprint density at radius 2 is 1.81 bits per heavy atom. The number of nitrogens with one attached hydrogen (secondary N) is 2. The number of ether oxygens (including phenoxy) is 1. The third-order valence-electron chi connectivity index (χ3n) is 3.38. The molecule has 2 N–H and O–H groups in total. The molecule has 27 heavy (non-hydrogen) atoms. The number of carbonyl (C=O) groups excluding carboxylic acids is 2. The molecule has 0 radical (unpaired) electrons. The summed E-state index contributed by atoms with van der Waals surface area (Å²) in [5, 5.41) is 3.42. The summed E-state index contributed by atoms with van der Waals surface area (Å²) in [4.78, 5) is 27.9. The normalized spacial score (nSPS) is 13.4. The standard InChI is InChI=1S/C16H12ClF4N3O3/c1-27-14(26)15(16(19,20)21,23-12-7-6-9(17)8-22-12)24-13(25)10-4-2-3-5-11(10)18/h2-8H,1H3,(H,22,23)(H,24,25)/t15-/m0/s1. The molecular weight excluding hydrogens is 394 g/mol. The van der Waals surface area contributed by atoms with E-state index in [1.54, 1.807) is 5.32 Å². The quantitative estimate of drug-likeness (QED) is 0.454. The minimum Gasteiger partial charge on any atom is -0.466 e. The number of methoxy groups -OCH3 is 1. The first kappa shape index (κ1) is 20.4. The van der Waals surface area contributed by atoms with E-state index in [9.17, 15) is 27.2 Å². The van der Waals surface area contributed by atoms with Crippen molar-refractivity contribution in [3.63, 3.8) is 0 Å². The monoisotopic (exact) mass is 405 g/mol. The molecule has 0 bridgehead atoms. The average Bonchev–Trinajstić information content (AvgIpc) is 2.61. The molecule has 1 aromatic heterocycles. The van der Waals surface area contributed by atoms with Gasteiger partial charge in [-0.3, -0.25) is 4.79 Å². The second-order valence-electron chi connectivity index (χ2n) is 5.16. The Kier molecular flexibility index (Phi) is 5.89. The number of esters is 1. The zero-order valence-corrected chi connectivity index (χ0v) is 14.4. The molecular formula is C16H12ClF4N3O3. The highest BCUT2D eigenvalue weighted by molar-refractivity contribution is 6.30. The van der Waals surface area contributed by atoms with Crippen LogP contribution < -0.4 is 10.6 Å². The van der Waals surface area contributed by atoms with Crippen LogP contribution in [-0.2, 0) is 9.53 Å². The van der Waals surface area contributed by atoms with Gasteiger partial charge in [-0.05, 0) is 24.3 Å². The summed E-state index contributed by atoms with van der Waals surface area (Å²) in [7, 11) is 0.703. The number of benzene rings is 1. The Labute approximate surface area is 155 Å². The lowest BCUT2D eigenvalue weighted by Gasteiger charge is -2.34. The van der Waals surface area contributed by atoms with Crippen molar-refractivity contribution in [1.82, 2.24) is 10.3 Å². The zero-order chi connectivity index (χ0) is 20.2. The maximum atomic E-state index is 13.8. The molecule has 6 nitrogen and oxygen atoms in total. The average molecular weight is 406 g/mol. The van der Waals surface area contributed by atoms with Crippen LogP contribution in [0.25, 0.3) is 0 Å². The number of anilines is 1. The largest absolute Gasteiger partial charge is 0.466 e. The van der Waals surface area contributed by atoms with Gasteiger partial charge < -0.3 is 15.4 Å². The van der Waals surface area contributed by atoms with Crippen molar-refractivity contribution in [2.24, 2.45) is 0 Å². The Morgan fingerprint density at radius 3 is 2.33 bits per heavy atom. The summed E-state index contributed by atoms with van der Waals surface area (Å²) in [5.41, 5.74) is -4.41. The van der Waals surface area contributed by atoms with Crippen LogP contribution in [0.15, 0.2) is 42.6 Å². The fourth-order valence-corrected chi connectivity index (χ4v) is 2.18. The van der Waals surface area contributed by atoms with E-state index < -0.39 is 40.9 Å². The molecule has 144 valence electrons. The Bertz CT molecular complexity index is 846. The predicted molar refractivity (Wildman–Crippen MR) is 87.5 cm³/mol. The Morgan fingerprint density at radius 1 is 1.15 bits per heavy atom. The third-order valence-corrected chi connectivity index (χ3v) is 3.60. The van der Waals surface area contributed by atoms with Crippen LogP contribution in [0, 0.1) is 5.82 Å². The molecule has 0 aliphatic rings. The van der Waals surface area contributed by atoms with Crippen molar-refractivity contribution < 1.29 is 31.9 Å². The first-order chi connectivity index (χ1) is 12.6. The fourth-order valence-electron chi connectivity index (χ4n) is 2.07. The van der Waals surface area contributed by atoms with Crippen molar-refractivity contribution in [2.75, 3.05) is 12.4 Å². The van der Waals surface area contributed by atoms with Crippen LogP contribution in [0.3, 0.4) is 0 Å². The van der Waals surface area contributed by atoms with E-state index in [4.69, 9.17) is 11.6 Å². The van der Waals surface area contributed by atoms with Crippen molar-refractivity contribution in [1.29, 1.82) is 0 Å². The molecule has 2 rings (SSSR count).